The summed E-state index contributed by atoms with van der Waals surface area (Å²) in [6.45, 7) is 4.07. The van der Waals surface area contributed by atoms with Gasteiger partial charge in [0.05, 0.1) is 0 Å². The van der Waals surface area contributed by atoms with Crippen LogP contribution >= 0.6 is 0 Å². The van der Waals surface area contributed by atoms with Crippen LogP contribution in [0.5, 0.6) is 0 Å². The summed E-state index contributed by atoms with van der Waals surface area (Å²) in [5, 5.41) is 3.39. The fourth-order valence-corrected chi connectivity index (χ4v) is 2.27. The number of nitrogens with one attached hydrogen (secondary N) is 1. The van der Waals surface area contributed by atoms with Crippen LogP contribution in [0.2, 0.25) is 0 Å². The highest BCUT2D eigenvalue weighted by Crippen LogP contribution is 2.33. The molecule has 1 aromatic carbocycles. The van der Waals surface area contributed by atoms with Gasteiger partial charge < -0.3 is 5.32 Å². The van der Waals surface area contributed by atoms with E-state index in [-0.39, 0.29) is 6.04 Å². The van der Waals surface area contributed by atoms with Crippen molar-refractivity contribution in [3.05, 3.63) is 35.4 Å². The van der Waals surface area contributed by atoms with Crippen molar-refractivity contribution < 1.29 is 8.78 Å². The molecule has 1 aromatic rings. The smallest absolute Gasteiger partial charge is 0.126 e. The summed E-state index contributed by atoms with van der Waals surface area (Å²) >= 11 is 0. The average Bonchev–Trinajstić information content (AvgIpc) is 2.99. The molecule has 2 rings (SSSR count). The van der Waals surface area contributed by atoms with Crippen LogP contribution in [0, 0.1) is 17.6 Å². The Morgan fingerprint density at radius 3 is 2.29 bits per heavy atom. The molecule has 0 amide bonds. The van der Waals surface area contributed by atoms with Gasteiger partial charge in [0.1, 0.15) is 11.6 Å². The van der Waals surface area contributed by atoms with Crippen molar-refractivity contribution in [1.29, 1.82) is 0 Å². The van der Waals surface area contributed by atoms with Crippen LogP contribution in [-0.2, 0) is 0 Å². The van der Waals surface area contributed by atoms with Crippen molar-refractivity contribution in [2.45, 2.75) is 45.2 Å². The maximum Gasteiger partial charge on any atom is 0.126 e. The fourth-order valence-electron chi connectivity index (χ4n) is 2.27. The summed E-state index contributed by atoms with van der Waals surface area (Å²) in [5.41, 5.74) is 0.671. The predicted molar refractivity (Wildman–Crippen MR) is 64.7 cm³/mol. The lowest BCUT2D eigenvalue weighted by Gasteiger charge is -2.20. The molecule has 94 valence electrons. The zero-order valence-electron chi connectivity index (χ0n) is 10.3. The van der Waals surface area contributed by atoms with E-state index in [0.29, 0.717) is 11.6 Å². The van der Waals surface area contributed by atoms with Gasteiger partial charge >= 0.3 is 0 Å². The molecule has 0 radical (unpaired) electrons. The lowest BCUT2D eigenvalue weighted by molar-refractivity contribution is 0.435. The Kier molecular flexibility index (Phi) is 3.77. The molecule has 1 saturated carbocycles. The topological polar surface area (TPSA) is 12.0 Å². The Hall–Kier alpha value is -0.960. The Morgan fingerprint density at radius 2 is 1.76 bits per heavy atom. The maximum absolute atomic E-state index is 13.1. The highest BCUT2D eigenvalue weighted by molar-refractivity contribution is 5.21. The monoisotopic (exact) mass is 239 g/mol. The maximum atomic E-state index is 13.1. The van der Waals surface area contributed by atoms with Crippen LogP contribution in [0.15, 0.2) is 18.2 Å². The van der Waals surface area contributed by atoms with Crippen molar-refractivity contribution in [2.24, 2.45) is 5.92 Å². The van der Waals surface area contributed by atoms with Crippen LogP contribution in [-0.4, -0.2) is 6.04 Å². The number of halogens is 2. The molecule has 1 fully saturated rings. The van der Waals surface area contributed by atoms with Gasteiger partial charge in [-0.3, -0.25) is 0 Å². The second-order valence-electron chi connectivity index (χ2n) is 5.17. The van der Waals surface area contributed by atoms with E-state index in [0.717, 1.165) is 18.4 Å². The van der Waals surface area contributed by atoms with E-state index >= 15 is 0 Å². The first kappa shape index (κ1) is 12.5. The van der Waals surface area contributed by atoms with Crippen molar-refractivity contribution in [3.63, 3.8) is 0 Å². The average molecular weight is 239 g/mol. The minimum Gasteiger partial charge on any atom is -0.308 e. The Labute approximate surface area is 101 Å². The molecule has 0 saturated heterocycles. The molecule has 2 atom stereocenters. The molecule has 2 unspecified atom stereocenters. The first-order valence-electron chi connectivity index (χ1n) is 6.26. The second-order valence-corrected chi connectivity index (χ2v) is 5.17. The van der Waals surface area contributed by atoms with E-state index in [9.17, 15) is 8.78 Å². The van der Waals surface area contributed by atoms with Crippen LogP contribution in [0.3, 0.4) is 0 Å². The standard InChI is InChI=1S/C14H19F2N/c1-9(5-11-3-4-11)17-10(2)12-6-13(15)8-14(16)7-12/h6-11,17H,3-5H2,1-2H3. The summed E-state index contributed by atoms with van der Waals surface area (Å²) < 4.78 is 26.2. The third-order valence-corrected chi connectivity index (χ3v) is 3.30. The molecule has 1 aliphatic carbocycles. The van der Waals surface area contributed by atoms with Gasteiger partial charge in [-0.2, -0.15) is 0 Å². The summed E-state index contributed by atoms with van der Waals surface area (Å²) in [7, 11) is 0. The Balaban J connectivity index is 1.95. The van der Waals surface area contributed by atoms with Gasteiger partial charge in [-0.15, -0.1) is 0 Å². The Morgan fingerprint density at radius 1 is 1.18 bits per heavy atom. The van der Waals surface area contributed by atoms with E-state index < -0.39 is 11.6 Å². The zero-order valence-corrected chi connectivity index (χ0v) is 10.3. The summed E-state index contributed by atoms with van der Waals surface area (Å²) in [6.07, 6.45) is 3.81. The molecule has 0 heterocycles. The van der Waals surface area contributed by atoms with Crippen molar-refractivity contribution in [2.75, 3.05) is 0 Å². The molecule has 1 nitrogen and oxygen atoms in total. The van der Waals surface area contributed by atoms with E-state index in [2.05, 4.69) is 12.2 Å². The SMILES string of the molecule is CC(CC1CC1)NC(C)c1cc(F)cc(F)c1. The summed E-state index contributed by atoms with van der Waals surface area (Å²) in [6, 6.07) is 4.07. The van der Waals surface area contributed by atoms with Crippen molar-refractivity contribution in [1.82, 2.24) is 5.32 Å². The third-order valence-electron chi connectivity index (χ3n) is 3.30. The summed E-state index contributed by atoms with van der Waals surface area (Å²) in [4.78, 5) is 0. The second kappa shape index (κ2) is 5.13. The number of hydrogen-bond donors (Lipinski definition) is 1. The fraction of sp³-hybridized carbons (Fsp3) is 0.571. The Bertz CT molecular complexity index is 368. The lowest BCUT2D eigenvalue weighted by atomic mass is 10.1. The summed E-state index contributed by atoms with van der Waals surface area (Å²) in [5.74, 6) is -0.166. The van der Waals surface area contributed by atoms with Gasteiger partial charge in [0.15, 0.2) is 0 Å². The molecule has 0 spiro atoms. The molecule has 0 aromatic heterocycles. The number of hydrogen-bond acceptors (Lipinski definition) is 1. The van der Waals surface area contributed by atoms with E-state index in [1.807, 2.05) is 6.92 Å². The quantitative estimate of drug-likeness (QED) is 0.824. The molecule has 0 bridgehead atoms. The van der Waals surface area contributed by atoms with E-state index in [4.69, 9.17) is 0 Å². The normalized spacial score (nSPS) is 19.1. The molecule has 0 aliphatic heterocycles. The van der Waals surface area contributed by atoms with Gasteiger partial charge in [0, 0.05) is 18.2 Å². The first-order valence-corrected chi connectivity index (χ1v) is 6.26. The zero-order chi connectivity index (χ0) is 12.4. The lowest BCUT2D eigenvalue weighted by Crippen LogP contribution is -2.29. The molecule has 1 N–H and O–H groups in total. The van der Waals surface area contributed by atoms with Gasteiger partial charge in [-0.05, 0) is 43.9 Å². The van der Waals surface area contributed by atoms with E-state index in [1.54, 1.807) is 0 Å². The first-order chi connectivity index (χ1) is 8.04. The van der Waals surface area contributed by atoms with Gasteiger partial charge in [0.25, 0.3) is 0 Å². The number of benzene rings is 1. The largest absolute Gasteiger partial charge is 0.308 e. The van der Waals surface area contributed by atoms with Crippen LogP contribution < -0.4 is 5.32 Å². The predicted octanol–water partition coefficient (Wildman–Crippen LogP) is 3.80. The molecular weight excluding hydrogens is 220 g/mol. The van der Waals surface area contributed by atoms with Gasteiger partial charge in [-0.25, -0.2) is 8.78 Å². The van der Waals surface area contributed by atoms with Gasteiger partial charge in [-0.1, -0.05) is 12.8 Å². The van der Waals surface area contributed by atoms with Crippen molar-refractivity contribution in [3.8, 4) is 0 Å². The molecule has 1 aliphatic rings. The van der Waals surface area contributed by atoms with E-state index in [1.165, 1.54) is 25.0 Å². The minimum atomic E-state index is -0.511. The number of rotatable bonds is 5. The van der Waals surface area contributed by atoms with Crippen molar-refractivity contribution >= 4 is 0 Å². The highest BCUT2D eigenvalue weighted by atomic mass is 19.1. The minimum absolute atomic E-state index is 0.0195. The molecular formula is C14H19F2N. The molecule has 17 heavy (non-hydrogen) atoms. The van der Waals surface area contributed by atoms with Crippen LogP contribution in [0.25, 0.3) is 0 Å². The van der Waals surface area contributed by atoms with Crippen LogP contribution in [0.4, 0.5) is 8.78 Å². The van der Waals surface area contributed by atoms with Gasteiger partial charge in [0.2, 0.25) is 0 Å². The third kappa shape index (κ3) is 3.77. The molecule has 3 heteroatoms. The van der Waals surface area contributed by atoms with Crippen LogP contribution in [0.1, 0.15) is 44.7 Å². The highest BCUT2D eigenvalue weighted by Gasteiger charge is 2.24.